The maximum absolute atomic E-state index is 8.74. The lowest BCUT2D eigenvalue weighted by molar-refractivity contribution is -0.0517. The second-order valence-corrected chi connectivity index (χ2v) is 6.82. The van der Waals surface area contributed by atoms with Gasteiger partial charge in [-0.05, 0) is 12.5 Å². The van der Waals surface area contributed by atoms with Crippen LogP contribution in [0, 0.1) is 0 Å². The summed E-state index contributed by atoms with van der Waals surface area (Å²) in [6, 6.07) is 10.5. The molecule has 1 aromatic rings. The van der Waals surface area contributed by atoms with Gasteiger partial charge in [0.2, 0.25) is 0 Å². The van der Waals surface area contributed by atoms with Gasteiger partial charge in [0.1, 0.15) is 0 Å². The van der Waals surface area contributed by atoms with Gasteiger partial charge in [-0.3, -0.25) is 18.2 Å². The van der Waals surface area contributed by atoms with Crippen molar-refractivity contribution in [2.45, 2.75) is 18.9 Å². The van der Waals surface area contributed by atoms with Gasteiger partial charge < -0.3 is 10.1 Å². The first-order valence-electron chi connectivity index (χ1n) is 6.57. The van der Waals surface area contributed by atoms with E-state index in [9.17, 15) is 0 Å². The third-order valence-corrected chi connectivity index (χ3v) is 2.65. The fourth-order valence-electron chi connectivity index (χ4n) is 1.91. The van der Waals surface area contributed by atoms with Crippen LogP contribution in [0.2, 0.25) is 0 Å². The molecule has 1 aliphatic heterocycles. The molecule has 0 bridgehead atoms. The van der Waals surface area contributed by atoms with Crippen LogP contribution in [0.15, 0.2) is 30.3 Å². The monoisotopic (exact) mass is 387 g/mol. The third-order valence-electron chi connectivity index (χ3n) is 2.65. The van der Waals surface area contributed by atoms with Crippen LogP contribution in [0.4, 0.5) is 0 Å². The zero-order valence-electron chi connectivity index (χ0n) is 12.9. The van der Waals surface area contributed by atoms with Crippen LogP contribution in [-0.2, 0) is 32.0 Å². The zero-order chi connectivity index (χ0) is 18.9. The van der Waals surface area contributed by atoms with Crippen molar-refractivity contribution in [3.63, 3.8) is 0 Å². The Morgan fingerprint density at radius 1 is 1.04 bits per heavy atom. The van der Waals surface area contributed by atoms with Crippen LogP contribution in [0.5, 0.6) is 0 Å². The number of morpholine rings is 1. The molecule has 0 aromatic heterocycles. The highest BCUT2D eigenvalue weighted by Gasteiger charge is 2.27. The largest absolute Gasteiger partial charge is 0.394 e. The molecule has 5 N–H and O–H groups in total. The van der Waals surface area contributed by atoms with E-state index in [0.717, 1.165) is 26.1 Å². The van der Waals surface area contributed by atoms with E-state index in [2.05, 4.69) is 36.5 Å². The highest BCUT2D eigenvalue weighted by Crippen LogP contribution is 2.18. The number of hydrogen-bond donors (Lipinski definition) is 5. The summed E-state index contributed by atoms with van der Waals surface area (Å²) in [6.45, 7) is 4.92. The predicted octanol–water partition coefficient (Wildman–Crippen LogP) is 0.302. The van der Waals surface area contributed by atoms with Gasteiger partial charge >= 0.3 is 20.8 Å². The standard InChI is InChI=1S/C12H17NO.2H2O4S/c1-12(10-13-7-8-14-12)9-11-5-3-2-4-6-11;2*1-5(2,3)4/h2-6,13H,7-10H2,1H3;2*(H2,1,2,3,4). The van der Waals surface area contributed by atoms with Crippen LogP contribution in [0.25, 0.3) is 0 Å². The molecule has 1 aliphatic rings. The molecule has 0 amide bonds. The lowest BCUT2D eigenvalue weighted by Gasteiger charge is -2.34. The van der Waals surface area contributed by atoms with Gasteiger partial charge in [-0.2, -0.15) is 16.8 Å². The van der Waals surface area contributed by atoms with Gasteiger partial charge in [-0.1, -0.05) is 30.3 Å². The normalized spacial score (nSPS) is 20.9. The van der Waals surface area contributed by atoms with E-state index in [1.165, 1.54) is 5.56 Å². The summed E-state index contributed by atoms with van der Waals surface area (Å²) in [6.07, 6.45) is 0.987. The van der Waals surface area contributed by atoms with Crippen LogP contribution in [0.3, 0.4) is 0 Å². The highest BCUT2D eigenvalue weighted by molar-refractivity contribution is 7.80. The van der Waals surface area contributed by atoms with Crippen molar-refractivity contribution < 1.29 is 39.8 Å². The lowest BCUT2D eigenvalue weighted by Crippen LogP contribution is -2.48. The number of nitrogens with one attached hydrogen (secondary N) is 1. The third kappa shape index (κ3) is 17.2. The van der Waals surface area contributed by atoms with Crippen molar-refractivity contribution in [2.75, 3.05) is 19.7 Å². The van der Waals surface area contributed by atoms with Crippen molar-refractivity contribution in [3.05, 3.63) is 35.9 Å². The number of ether oxygens (including phenoxy) is 1. The first kappa shape index (κ1) is 22.9. The molecule has 0 spiro atoms. The molecule has 1 saturated heterocycles. The molecule has 1 unspecified atom stereocenters. The summed E-state index contributed by atoms with van der Waals surface area (Å²) >= 11 is 0. The van der Waals surface area contributed by atoms with Gasteiger partial charge in [0, 0.05) is 19.5 Å². The van der Waals surface area contributed by atoms with E-state index in [1.54, 1.807) is 0 Å². The molecule has 10 nitrogen and oxygen atoms in total. The first-order chi connectivity index (χ1) is 10.8. The van der Waals surface area contributed by atoms with Gasteiger partial charge in [-0.15, -0.1) is 0 Å². The Morgan fingerprint density at radius 2 is 1.50 bits per heavy atom. The molecule has 12 heteroatoms. The molecule has 0 saturated carbocycles. The van der Waals surface area contributed by atoms with E-state index in [0.29, 0.717) is 0 Å². The summed E-state index contributed by atoms with van der Waals surface area (Å²) in [5.74, 6) is 0. The molecule has 24 heavy (non-hydrogen) atoms. The van der Waals surface area contributed by atoms with Crippen molar-refractivity contribution >= 4 is 20.8 Å². The Balaban J connectivity index is 0.000000442. The van der Waals surface area contributed by atoms with Gasteiger partial charge in [-0.25, -0.2) is 0 Å². The average Bonchev–Trinajstić information content (AvgIpc) is 2.36. The lowest BCUT2D eigenvalue weighted by atomic mass is 9.95. The average molecular weight is 387 g/mol. The van der Waals surface area contributed by atoms with Crippen molar-refractivity contribution in [1.29, 1.82) is 0 Å². The van der Waals surface area contributed by atoms with E-state index in [4.69, 9.17) is 39.8 Å². The second kappa shape index (κ2) is 10.0. The summed E-state index contributed by atoms with van der Waals surface area (Å²) in [5, 5.41) is 3.37. The Kier molecular flexibility index (Phi) is 9.54. The van der Waals surface area contributed by atoms with E-state index in [-0.39, 0.29) is 5.60 Å². The Bertz CT molecular complexity index is 622. The van der Waals surface area contributed by atoms with Gasteiger partial charge in [0.15, 0.2) is 0 Å². The van der Waals surface area contributed by atoms with Crippen molar-refractivity contribution in [2.24, 2.45) is 0 Å². The van der Waals surface area contributed by atoms with Crippen molar-refractivity contribution in [1.82, 2.24) is 5.32 Å². The van der Waals surface area contributed by atoms with Crippen LogP contribution >= 0.6 is 0 Å². The van der Waals surface area contributed by atoms with Crippen LogP contribution in [0.1, 0.15) is 12.5 Å². The number of benzene rings is 1. The SMILES string of the molecule is CC1(Cc2ccccc2)CNCCO1.O=S(=O)(O)O.O=S(=O)(O)O. The van der Waals surface area contributed by atoms with E-state index >= 15 is 0 Å². The minimum Gasteiger partial charge on any atom is -0.372 e. The quantitative estimate of drug-likeness (QED) is 0.445. The van der Waals surface area contributed by atoms with Crippen molar-refractivity contribution in [3.8, 4) is 0 Å². The first-order valence-corrected chi connectivity index (χ1v) is 9.36. The van der Waals surface area contributed by atoms with Crippen LogP contribution in [-0.4, -0.2) is 60.3 Å². The highest BCUT2D eigenvalue weighted by atomic mass is 32.3. The Morgan fingerprint density at radius 3 is 1.88 bits per heavy atom. The molecule has 1 heterocycles. The Hall–Kier alpha value is -1.12. The predicted molar refractivity (Wildman–Crippen MR) is 85.7 cm³/mol. The fraction of sp³-hybridized carbons (Fsp3) is 0.500. The summed E-state index contributed by atoms with van der Waals surface area (Å²) in [4.78, 5) is 0. The molecule has 1 fully saturated rings. The minimum absolute atomic E-state index is 0.0282. The van der Waals surface area contributed by atoms with E-state index in [1.807, 2.05) is 6.07 Å². The molecule has 1 aromatic carbocycles. The fourth-order valence-corrected chi connectivity index (χ4v) is 1.91. The summed E-state index contributed by atoms with van der Waals surface area (Å²) in [5.41, 5.74) is 1.32. The maximum Gasteiger partial charge on any atom is 0.394 e. The molecule has 0 radical (unpaired) electrons. The van der Waals surface area contributed by atoms with Gasteiger partial charge in [0.25, 0.3) is 0 Å². The Labute approximate surface area is 141 Å². The minimum atomic E-state index is -4.67. The summed E-state index contributed by atoms with van der Waals surface area (Å²) in [7, 11) is -9.33. The van der Waals surface area contributed by atoms with E-state index < -0.39 is 20.8 Å². The molecule has 1 atom stereocenters. The topological polar surface area (TPSA) is 170 Å². The molecular formula is C12H21NO9S2. The molecule has 0 aliphatic carbocycles. The molecule has 140 valence electrons. The van der Waals surface area contributed by atoms with Gasteiger partial charge in [0.05, 0.1) is 12.2 Å². The summed E-state index contributed by atoms with van der Waals surface area (Å²) < 4.78 is 69.0. The zero-order valence-corrected chi connectivity index (χ0v) is 14.5. The number of rotatable bonds is 2. The molecular weight excluding hydrogens is 366 g/mol. The number of hydrogen-bond acceptors (Lipinski definition) is 6. The van der Waals surface area contributed by atoms with Crippen LogP contribution < -0.4 is 5.32 Å². The molecule has 2 rings (SSSR count). The maximum atomic E-state index is 8.74. The smallest absolute Gasteiger partial charge is 0.372 e. The second-order valence-electron chi connectivity index (χ2n) is 5.03.